The van der Waals surface area contributed by atoms with Crippen LogP contribution in [0, 0.1) is 11.3 Å². The zero-order chi connectivity index (χ0) is 12.7. The van der Waals surface area contributed by atoms with E-state index in [1.165, 1.54) is 0 Å². The molecule has 2 atom stereocenters. The molecule has 0 aromatic heterocycles. The molecule has 1 rings (SSSR count). The van der Waals surface area contributed by atoms with Crippen molar-refractivity contribution in [1.29, 1.82) is 5.26 Å². The minimum Gasteiger partial charge on any atom is -0.383 e. The first-order chi connectivity index (χ1) is 8.17. The predicted molar refractivity (Wildman–Crippen MR) is 68.8 cm³/mol. The van der Waals surface area contributed by atoms with Crippen molar-refractivity contribution in [2.24, 2.45) is 0 Å². The van der Waals surface area contributed by atoms with E-state index in [0.29, 0.717) is 6.04 Å². The molecule has 0 bridgehead atoms. The van der Waals surface area contributed by atoms with Gasteiger partial charge in [0.25, 0.3) is 0 Å². The Morgan fingerprint density at radius 1 is 1.59 bits per heavy atom. The minimum absolute atomic E-state index is 0.290. The van der Waals surface area contributed by atoms with Crippen LogP contribution in [0.3, 0.4) is 0 Å². The lowest BCUT2D eigenvalue weighted by atomic mass is 9.99. The Morgan fingerprint density at radius 3 is 2.94 bits per heavy atom. The summed E-state index contributed by atoms with van der Waals surface area (Å²) in [5, 5.41) is 12.8. The fourth-order valence-electron chi connectivity index (χ4n) is 2.48. The van der Waals surface area contributed by atoms with Gasteiger partial charge in [-0.05, 0) is 39.3 Å². The maximum absolute atomic E-state index is 9.36. The Balaban J connectivity index is 2.46. The molecule has 1 aliphatic carbocycles. The summed E-state index contributed by atoms with van der Waals surface area (Å²) in [6.45, 7) is 4.77. The average molecular weight is 239 g/mol. The van der Waals surface area contributed by atoms with E-state index < -0.39 is 0 Å². The van der Waals surface area contributed by atoms with Crippen LogP contribution in [0.5, 0.6) is 0 Å². The number of rotatable bonds is 7. The van der Waals surface area contributed by atoms with E-state index in [1.54, 1.807) is 7.11 Å². The van der Waals surface area contributed by atoms with Crippen LogP contribution < -0.4 is 5.32 Å². The van der Waals surface area contributed by atoms with Crippen LogP contribution in [0.4, 0.5) is 0 Å². The Morgan fingerprint density at radius 2 is 2.35 bits per heavy atom. The SMILES string of the molecule is CCCNC1(C#N)CCC(N(C)CCOC)C1. The molecule has 4 heteroatoms. The van der Waals surface area contributed by atoms with Crippen LogP contribution >= 0.6 is 0 Å². The van der Waals surface area contributed by atoms with Crippen LogP contribution in [0.2, 0.25) is 0 Å². The second-order valence-corrected chi connectivity index (χ2v) is 4.99. The van der Waals surface area contributed by atoms with Gasteiger partial charge in [-0.1, -0.05) is 6.92 Å². The molecule has 4 nitrogen and oxygen atoms in total. The van der Waals surface area contributed by atoms with E-state index in [2.05, 4.69) is 30.3 Å². The molecule has 0 aromatic rings. The summed E-state index contributed by atoms with van der Waals surface area (Å²) >= 11 is 0. The largest absolute Gasteiger partial charge is 0.383 e. The van der Waals surface area contributed by atoms with Crippen molar-refractivity contribution in [1.82, 2.24) is 10.2 Å². The Kier molecular flexibility index (Phi) is 5.90. The summed E-state index contributed by atoms with van der Waals surface area (Å²) in [6.07, 6.45) is 4.08. The number of nitrogens with zero attached hydrogens (tertiary/aromatic N) is 2. The summed E-state index contributed by atoms with van der Waals surface area (Å²) in [5.41, 5.74) is -0.290. The van der Waals surface area contributed by atoms with Gasteiger partial charge >= 0.3 is 0 Å². The zero-order valence-corrected chi connectivity index (χ0v) is 11.3. The number of hydrogen-bond acceptors (Lipinski definition) is 4. The topological polar surface area (TPSA) is 48.3 Å². The number of ether oxygens (including phenoxy) is 1. The molecule has 1 saturated carbocycles. The third-order valence-electron chi connectivity index (χ3n) is 3.69. The number of methoxy groups -OCH3 is 1. The average Bonchev–Trinajstić information content (AvgIpc) is 2.78. The van der Waals surface area contributed by atoms with E-state index in [1.807, 2.05) is 0 Å². The van der Waals surface area contributed by atoms with Crippen molar-refractivity contribution in [2.45, 2.75) is 44.2 Å². The van der Waals surface area contributed by atoms with Gasteiger partial charge in [-0.3, -0.25) is 5.32 Å². The lowest BCUT2D eigenvalue weighted by Crippen LogP contribution is -2.44. The van der Waals surface area contributed by atoms with Crippen molar-refractivity contribution in [3.8, 4) is 6.07 Å². The highest BCUT2D eigenvalue weighted by Crippen LogP contribution is 2.32. The van der Waals surface area contributed by atoms with E-state index in [9.17, 15) is 5.26 Å². The third kappa shape index (κ3) is 3.95. The van der Waals surface area contributed by atoms with Gasteiger partial charge in [-0.2, -0.15) is 5.26 Å². The molecule has 0 amide bonds. The summed E-state index contributed by atoms with van der Waals surface area (Å²) in [7, 11) is 3.85. The fourth-order valence-corrected chi connectivity index (χ4v) is 2.48. The normalized spacial score (nSPS) is 28.5. The van der Waals surface area contributed by atoms with E-state index in [4.69, 9.17) is 4.74 Å². The van der Waals surface area contributed by atoms with Gasteiger partial charge in [0.05, 0.1) is 12.7 Å². The van der Waals surface area contributed by atoms with Crippen LogP contribution in [0.15, 0.2) is 0 Å². The monoisotopic (exact) mass is 239 g/mol. The molecule has 0 saturated heterocycles. The molecule has 0 aliphatic heterocycles. The first-order valence-corrected chi connectivity index (χ1v) is 6.53. The molecule has 1 N–H and O–H groups in total. The molecule has 2 unspecified atom stereocenters. The minimum atomic E-state index is -0.290. The van der Waals surface area contributed by atoms with Crippen LogP contribution in [-0.4, -0.2) is 50.3 Å². The molecule has 0 aromatic carbocycles. The van der Waals surface area contributed by atoms with Crippen LogP contribution in [0.1, 0.15) is 32.6 Å². The van der Waals surface area contributed by atoms with Gasteiger partial charge in [0.15, 0.2) is 0 Å². The highest BCUT2D eigenvalue weighted by atomic mass is 16.5. The molecule has 0 radical (unpaired) electrons. The predicted octanol–water partition coefficient (Wildman–Crippen LogP) is 1.38. The number of nitrogens with one attached hydrogen (secondary N) is 1. The zero-order valence-electron chi connectivity index (χ0n) is 11.3. The highest BCUT2D eigenvalue weighted by molar-refractivity contribution is 5.13. The summed E-state index contributed by atoms with van der Waals surface area (Å²) in [6, 6.07) is 2.99. The first kappa shape index (κ1) is 14.4. The van der Waals surface area contributed by atoms with Crippen molar-refractivity contribution < 1.29 is 4.74 Å². The number of hydrogen-bond donors (Lipinski definition) is 1. The molecule has 0 heterocycles. The standard InChI is InChI=1S/C13H25N3O/c1-4-7-15-13(11-14)6-5-12(10-13)16(2)8-9-17-3/h12,15H,4-10H2,1-3H3. The van der Waals surface area contributed by atoms with Gasteiger partial charge in [-0.25, -0.2) is 0 Å². The van der Waals surface area contributed by atoms with E-state index in [-0.39, 0.29) is 5.54 Å². The maximum atomic E-state index is 9.36. The lowest BCUT2D eigenvalue weighted by Gasteiger charge is -2.26. The second-order valence-electron chi connectivity index (χ2n) is 4.99. The Bertz CT molecular complexity index is 264. The Hall–Kier alpha value is -0.630. The van der Waals surface area contributed by atoms with Crippen LogP contribution in [0.25, 0.3) is 0 Å². The second kappa shape index (κ2) is 6.95. The summed E-state index contributed by atoms with van der Waals surface area (Å²) in [5.74, 6) is 0. The Labute approximate surface area is 105 Å². The van der Waals surface area contributed by atoms with Crippen molar-refractivity contribution in [3.05, 3.63) is 0 Å². The third-order valence-corrected chi connectivity index (χ3v) is 3.69. The van der Waals surface area contributed by atoms with Crippen molar-refractivity contribution >= 4 is 0 Å². The van der Waals surface area contributed by atoms with E-state index in [0.717, 1.165) is 45.4 Å². The van der Waals surface area contributed by atoms with Gasteiger partial charge in [0, 0.05) is 19.7 Å². The van der Waals surface area contributed by atoms with Gasteiger partial charge < -0.3 is 9.64 Å². The molecular weight excluding hydrogens is 214 g/mol. The highest BCUT2D eigenvalue weighted by Gasteiger charge is 2.40. The van der Waals surface area contributed by atoms with Crippen molar-refractivity contribution in [2.75, 3.05) is 33.9 Å². The number of likely N-dealkylation sites (N-methyl/N-ethyl adjacent to an activating group) is 1. The smallest absolute Gasteiger partial charge is 0.108 e. The molecule has 0 spiro atoms. The maximum Gasteiger partial charge on any atom is 0.108 e. The van der Waals surface area contributed by atoms with Gasteiger partial charge in [-0.15, -0.1) is 0 Å². The molecule has 17 heavy (non-hydrogen) atoms. The van der Waals surface area contributed by atoms with Crippen LogP contribution in [-0.2, 0) is 4.74 Å². The van der Waals surface area contributed by atoms with Crippen molar-refractivity contribution in [3.63, 3.8) is 0 Å². The molecular formula is C13H25N3O. The van der Waals surface area contributed by atoms with Gasteiger partial charge in [0.2, 0.25) is 0 Å². The van der Waals surface area contributed by atoms with E-state index >= 15 is 0 Å². The van der Waals surface area contributed by atoms with Gasteiger partial charge in [0.1, 0.15) is 5.54 Å². The first-order valence-electron chi connectivity index (χ1n) is 6.53. The lowest BCUT2D eigenvalue weighted by molar-refractivity contribution is 0.138. The quantitative estimate of drug-likeness (QED) is 0.729. The molecule has 1 aliphatic rings. The fraction of sp³-hybridized carbons (Fsp3) is 0.923. The molecule has 98 valence electrons. The molecule has 1 fully saturated rings. The summed E-state index contributed by atoms with van der Waals surface area (Å²) in [4.78, 5) is 2.32. The number of nitriles is 1. The summed E-state index contributed by atoms with van der Waals surface area (Å²) < 4.78 is 5.09.